The maximum atomic E-state index is 11.7. The van der Waals surface area contributed by atoms with Gasteiger partial charge in [0.15, 0.2) is 0 Å². The van der Waals surface area contributed by atoms with Gasteiger partial charge in [-0.15, -0.1) is 0 Å². The molecule has 0 atom stereocenters. The van der Waals surface area contributed by atoms with Crippen LogP contribution >= 0.6 is 0 Å². The number of carbonyl (C=O) groups excluding carboxylic acids is 2. The minimum absolute atomic E-state index is 0.00884. The van der Waals surface area contributed by atoms with Gasteiger partial charge in [0.1, 0.15) is 5.82 Å². The monoisotopic (exact) mass is 264 g/mol. The minimum atomic E-state index is -0.798. The van der Waals surface area contributed by atoms with Gasteiger partial charge < -0.3 is 10.1 Å². The van der Waals surface area contributed by atoms with E-state index in [1.54, 1.807) is 25.3 Å². The lowest BCUT2D eigenvalue weighted by molar-refractivity contribution is -0.153. The molecule has 5 heteroatoms. The molecule has 0 fully saturated rings. The summed E-state index contributed by atoms with van der Waals surface area (Å²) in [6.07, 6.45) is 1.64. The van der Waals surface area contributed by atoms with Gasteiger partial charge >= 0.3 is 5.97 Å². The van der Waals surface area contributed by atoms with E-state index in [4.69, 9.17) is 0 Å². The van der Waals surface area contributed by atoms with Crippen LogP contribution in [-0.2, 0) is 20.7 Å². The molecule has 0 aliphatic rings. The van der Waals surface area contributed by atoms with Crippen LogP contribution < -0.4 is 5.32 Å². The molecule has 0 saturated heterocycles. The summed E-state index contributed by atoms with van der Waals surface area (Å²) in [6, 6.07) is 3.51. The van der Waals surface area contributed by atoms with Crippen molar-refractivity contribution in [3.63, 3.8) is 0 Å². The molecule has 0 bridgehead atoms. The number of nitrogens with zero attached hydrogens (tertiary/aromatic N) is 1. The molecule has 104 valence electrons. The SMILES string of the molecule is CCOC(=O)C(=O)Cc1cccnc1NC(C)(C)C. The number of anilines is 1. The standard InChI is InChI=1S/C14H20N2O3/c1-5-19-13(18)11(17)9-10-7-6-8-15-12(10)16-14(2,3)4/h6-8H,5,9H2,1-4H3,(H,15,16). The highest BCUT2D eigenvalue weighted by Gasteiger charge is 2.19. The summed E-state index contributed by atoms with van der Waals surface area (Å²) in [5.74, 6) is -0.743. The number of ketones is 1. The first kappa shape index (κ1) is 15.1. The highest BCUT2D eigenvalue weighted by atomic mass is 16.5. The smallest absolute Gasteiger partial charge is 0.374 e. The number of hydrogen-bond acceptors (Lipinski definition) is 5. The largest absolute Gasteiger partial charge is 0.460 e. The number of rotatable bonds is 5. The summed E-state index contributed by atoms with van der Waals surface area (Å²) in [7, 11) is 0. The van der Waals surface area contributed by atoms with Gasteiger partial charge in [-0.05, 0) is 33.8 Å². The van der Waals surface area contributed by atoms with Crippen LogP contribution in [0.5, 0.6) is 0 Å². The molecular weight excluding hydrogens is 244 g/mol. The Labute approximate surface area is 113 Å². The molecule has 1 N–H and O–H groups in total. The topological polar surface area (TPSA) is 68.3 Å². The second-order valence-electron chi connectivity index (χ2n) is 5.21. The van der Waals surface area contributed by atoms with Gasteiger partial charge in [-0.25, -0.2) is 9.78 Å². The molecule has 1 rings (SSSR count). The molecule has 0 aliphatic heterocycles. The Morgan fingerprint density at radius 1 is 1.37 bits per heavy atom. The maximum Gasteiger partial charge on any atom is 0.374 e. The number of hydrogen-bond donors (Lipinski definition) is 1. The highest BCUT2D eigenvalue weighted by Crippen LogP contribution is 2.17. The van der Waals surface area contributed by atoms with Gasteiger partial charge in [-0.2, -0.15) is 0 Å². The van der Waals surface area contributed by atoms with E-state index in [0.717, 1.165) is 0 Å². The fraction of sp³-hybridized carbons (Fsp3) is 0.500. The molecular formula is C14H20N2O3. The van der Waals surface area contributed by atoms with Crippen LogP contribution in [0.25, 0.3) is 0 Å². The van der Waals surface area contributed by atoms with Crippen molar-refractivity contribution in [2.45, 2.75) is 39.7 Å². The number of Topliss-reactive ketones (excluding diaryl/α,β-unsaturated/α-hetero) is 1. The highest BCUT2D eigenvalue weighted by molar-refractivity contribution is 6.34. The molecule has 0 aliphatic carbocycles. The summed E-state index contributed by atoms with van der Waals surface area (Å²) >= 11 is 0. The zero-order valence-corrected chi connectivity index (χ0v) is 11.8. The summed E-state index contributed by atoms with van der Waals surface area (Å²) in [4.78, 5) is 27.2. The van der Waals surface area contributed by atoms with E-state index >= 15 is 0 Å². The average molecular weight is 264 g/mol. The number of nitrogens with one attached hydrogen (secondary N) is 1. The van der Waals surface area contributed by atoms with Crippen molar-refractivity contribution in [2.24, 2.45) is 0 Å². The van der Waals surface area contributed by atoms with Crippen molar-refractivity contribution in [2.75, 3.05) is 11.9 Å². The first-order valence-electron chi connectivity index (χ1n) is 6.25. The van der Waals surface area contributed by atoms with Gasteiger partial charge in [0.05, 0.1) is 6.61 Å². The lowest BCUT2D eigenvalue weighted by Crippen LogP contribution is -2.28. The van der Waals surface area contributed by atoms with E-state index < -0.39 is 11.8 Å². The quantitative estimate of drug-likeness (QED) is 0.650. The molecule has 0 saturated carbocycles. The summed E-state index contributed by atoms with van der Waals surface area (Å²) in [5, 5.41) is 3.21. The van der Waals surface area contributed by atoms with Crippen molar-refractivity contribution < 1.29 is 14.3 Å². The van der Waals surface area contributed by atoms with Crippen molar-refractivity contribution in [1.29, 1.82) is 0 Å². The predicted octanol–water partition coefficient (Wildman–Crippen LogP) is 1.97. The average Bonchev–Trinajstić information content (AvgIpc) is 2.30. The van der Waals surface area contributed by atoms with Gasteiger partial charge in [0, 0.05) is 23.7 Å². The molecule has 5 nitrogen and oxygen atoms in total. The second-order valence-corrected chi connectivity index (χ2v) is 5.21. The fourth-order valence-electron chi connectivity index (χ4n) is 1.51. The third-order valence-electron chi connectivity index (χ3n) is 2.24. The van der Waals surface area contributed by atoms with Crippen LogP contribution in [0.4, 0.5) is 5.82 Å². The van der Waals surface area contributed by atoms with E-state index in [9.17, 15) is 9.59 Å². The number of pyridine rings is 1. The third-order valence-corrected chi connectivity index (χ3v) is 2.24. The van der Waals surface area contributed by atoms with Crippen LogP contribution in [0.15, 0.2) is 18.3 Å². The van der Waals surface area contributed by atoms with Gasteiger partial charge in [0.25, 0.3) is 0 Å². The molecule has 1 heterocycles. The Balaban J connectivity index is 2.84. The lowest BCUT2D eigenvalue weighted by atomic mass is 10.1. The van der Waals surface area contributed by atoms with Crippen molar-refractivity contribution in [1.82, 2.24) is 4.98 Å². The van der Waals surface area contributed by atoms with Crippen molar-refractivity contribution in [3.8, 4) is 0 Å². The van der Waals surface area contributed by atoms with Crippen LogP contribution in [0.2, 0.25) is 0 Å². The number of esters is 1. The number of ether oxygens (including phenoxy) is 1. The Hall–Kier alpha value is -1.91. The molecule has 19 heavy (non-hydrogen) atoms. The second kappa shape index (κ2) is 6.31. The van der Waals surface area contributed by atoms with E-state index in [2.05, 4.69) is 15.0 Å². The Kier molecular flexibility index (Phi) is 5.03. The van der Waals surface area contributed by atoms with Crippen LogP contribution in [-0.4, -0.2) is 28.9 Å². The number of aromatic nitrogens is 1. The zero-order valence-electron chi connectivity index (χ0n) is 11.8. The van der Waals surface area contributed by atoms with Crippen LogP contribution in [0, 0.1) is 0 Å². The Bertz CT molecular complexity index is 464. The normalized spacial score (nSPS) is 10.9. The third kappa shape index (κ3) is 5.07. The Morgan fingerprint density at radius 3 is 2.63 bits per heavy atom. The van der Waals surface area contributed by atoms with Gasteiger partial charge in [-0.3, -0.25) is 4.79 Å². The molecule has 0 radical (unpaired) electrons. The summed E-state index contributed by atoms with van der Waals surface area (Å²) in [5.41, 5.74) is 0.520. The molecule has 0 amide bonds. The van der Waals surface area contributed by atoms with Gasteiger partial charge in [0.2, 0.25) is 5.78 Å². The fourth-order valence-corrected chi connectivity index (χ4v) is 1.51. The van der Waals surface area contributed by atoms with E-state index in [-0.39, 0.29) is 18.6 Å². The lowest BCUT2D eigenvalue weighted by Gasteiger charge is -2.22. The summed E-state index contributed by atoms with van der Waals surface area (Å²) < 4.78 is 4.69. The molecule has 1 aromatic heterocycles. The molecule has 0 unspecified atom stereocenters. The first-order valence-corrected chi connectivity index (χ1v) is 6.25. The van der Waals surface area contributed by atoms with Crippen molar-refractivity contribution >= 4 is 17.6 Å². The van der Waals surface area contributed by atoms with Crippen LogP contribution in [0.3, 0.4) is 0 Å². The van der Waals surface area contributed by atoms with E-state index in [1.165, 1.54) is 0 Å². The van der Waals surface area contributed by atoms with Crippen molar-refractivity contribution in [3.05, 3.63) is 23.9 Å². The minimum Gasteiger partial charge on any atom is -0.460 e. The molecule has 0 aromatic carbocycles. The van der Waals surface area contributed by atoms with E-state index in [0.29, 0.717) is 11.4 Å². The predicted molar refractivity (Wildman–Crippen MR) is 73.0 cm³/mol. The molecule has 0 spiro atoms. The Morgan fingerprint density at radius 2 is 2.05 bits per heavy atom. The van der Waals surface area contributed by atoms with Gasteiger partial charge in [-0.1, -0.05) is 6.07 Å². The number of carbonyl (C=O) groups is 2. The van der Waals surface area contributed by atoms with Crippen LogP contribution in [0.1, 0.15) is 33.3 Å². The molecule has 1 aromatic rings. The summed E-state index contributed by atoms with van der Waals surface area (Å²) in [6.45, 7) is 7.86. The first-order chi connectivity index (χ1) is 8.83. The zero-order chi connectivity index (χ0) is 14.5. The van der Waals surface area contributed by atoms with E-state index in [1.807, 2.05) is 20.8 Å². The maximum absolute atomic E-state index is 11.7.